The van der Waals surface area contributed by atoms with Gasteiger partial charge in [0.1, 0.15) is 5.75 Å². The molecule has 0 fully saturated rings. The lowest BCUT2D eigenvalue weighted by Gasteiger charge is -2.13. The first-order valence-corrected chi connectivity index (χ1v) is 10.3. The number of aromatic nitrogens is 1. The second-order valence-corrected chi connectivity index (χ2v) is 7.29. The van der Waals surface area contributed by atoms with Crippen molar-refractivity contribution >= 4 is 17.6 Å². The van der Waals surface area contributed by atoms with Crippen molar-refractivity contribution in [3.05, 3.63) is 71.4 Å². The molecule has 0 unspecified atom stereocenters. The quantitative estimate of drug-likeness (QED) is 0.522. The van der Waals surface area contributed by atoms with E-state index in [9.17, 15) is 9.59 Å². The van der Waals surface area contributed by atoms with Crippen molar-refractivity contribution in [1.82, 2.24) is 4.57 Å². The number of carbonyl (C=O) groups is 2. The van der Waals surface area contributed by atoms with Crippen LogP contribution < -0.4 is 10.1 Å². The Morgan fingerprint density at radius 2 is 1.68 bits per heavy atom. The van der Waals surface area contributed by atoms with Crippen LogP contribution in [0.5, 0.6) is 5.75 Å². The summed E-state index contributed by atoms with van der Waals surface area (Å²) >= 11 is 0. The fourth-order valence-corrected chi connectivity index (χ4v) is 3.42. The van der Waals surface area contributed by atoms with Gasteiger partial charge in [-0.05, 0) is 68.8 Å². The Labute approximate surface area is 182 Å². The van der Waals surface area contributed by atoms with Crippen LogP contribution in [0.2, 0.25) is 0 Å². The monoisotopic (exact) mass is 420 g/mol. The van der Waals surface area contributed by atoms with Gasteiger partial charge in [0.15, 0.2) is 0 Å². The summed E-state index contributed by atoms with van der Waals surface area (Å²) in [5.74, 6) is 0.301. The number of hydrogen-bond acceptors (Lipinski definition) is 4. The second-order valence-electron chi connectivity index (χ2n) is 7.29. The first-order valence-electron chi connectivity index (χ1n) is 10.3. The molecule has 6 nitrogen and oxygen atoms in total. The van der Waals surface area contributed by atoms with E-state index in [1.807, 2.05) is 73.0 Å². The third-order valence-electron chi connectivity index (χ3n) is 5.15. The van der Waals surface area contributed by atoms with Gasteiger partial charge in [-0.1, -0.05) is 17.7 Å². The number of anilines is 1. The van der Waals surface area contributed by atoms with E-state index in [0.717, 1.165) is 34.0 Å². The van der Waals surface area contributed by atoms with Gasteiger partial charge in [0.25, 0.3) is 0 Å². The number of esters is 1. The number of amides is 1. The van der Waals surface area contributed by atoms with Crippen LogP contribution in [-0.4, -0.2) is 30.2 Å². The summed E-state index contributed by atoms with van der Waals surface area (Å²) in [6.07, 6.45) is 0.273. The van der Waals surface area contributed by atoms with Gasteiger partial charge in [0, 0.05) is 30.0 Å². The van der Waals surface area contributed by atoms with Crippen LogP contribution in [0.4, 0.5) is 5.69 Å². The number of nitrogens with one attached hydrogen (secondary N) is 1. The summed E-state index contributed by atoms with van der Waals surface area (Å²) in [7, 11) is 1.62. The zero-order valence-electron chi connectivity index (χ0n) is 18.4. The molecule has 0 aliphatic carbocycles. The number of ether oxygens (including phenoxy) is 2. The zero-order valence-corrected chi connectivity index (χ0v) is 18.4. The fraction of sp³-hybridized carbons (Fsp3) is 0.280. The van der Waals surface area contributed by atoms with E-state index in [1.54, 1.807) is 14.0 Å². The molecule has 1 N–H and O–H groups in total. The molecule has 0 aliphatic rings. The van der Waals surface area contributed by atoms with Gasteiger partial charge in [-0.3, -0.25) is 4.79 Å². The molecule has 3 rings (SSSR count). The fourth-order valence-electron chi connectivity index (χ4n) is 3.42. The molecule has 0 atom stereocenters. The molecule has 1 heterocycles. The largest absolute Gasteiger partial charge is 0.497 e. The lowest BCUT2D eigenvalue weighted by Crippen LogP contribution is -2.16. The lowest BCUT2D eigenvalue weighted by molar-refractivity contribution is -0.116. The van der Waals surface area contributed by atoms with Crippen LogP contribution >= 0.6 is 0 Å². The van der Waals surface area contributed by atoms with E-state index in [0.29, 0.717) is 18.7 Å². The molecule has 31 heavy (non-hydrogen) atoms. The number of nitrogens with zero attached hydrogens (tertiary/aromatic N) is 1. The maximum Gasteiger partial charge on any atom is 0.339 e. The molecule has 0 saturated heterocycles. The van der Waals surface area contributed by atoms with E-state index >= 15 is 0 Å². The Hall–Kier alpha value is -3.54. The van der Waals surface area contributed by atoms with Gasteiger partial charge in [0.05, 0.1) is 19.3 Å². The highest BCUT2D eigenvalue weighted by Gasteiger charge is 2.20. The zero-order chi connectivity index (χ0) is 22.4. The normalized spacial score (nSPS) is 10.6. The van der Waals surface area contributed by atoms with Crippen LogP contribution in [0.25, 0.3) is 11.3 Å². The number of benzene rings is 2. The maximum atomic E-state index is 12.5. The van der Waals surface area contributed by atoms with Crippen molar-refractivity contribution in [1.29, 1.82) is 0 Å². The number of rotatable bonds is 8. The predicted molar refractivity (Wildman–Crippen MR) is 122 cm³/mol. The average molecular weight is 421 g/mol. The Kier molecular flexibility index (Phi) is 7.13. The van der Waals surface area contributed by atoms with Gasteiger partial charge >= 0.3 is 5.97 Å². The van der Waals surface area contributed by atoms with Crippen LogP contribution in [-0.2, 0) is 16.1 Å². The molecule has 0 aliphatic heterocycles. The van der Waals surface area contributed by atoms with Gasteiger partial charge in [-0.2, -0.15) is 0 Å². The van der Waals surface area contributed by atoms with E-state index in [1.165, 1.54) is 0 Å². The van der Waals surface area contributed by atoms with E-state index in [-0.39, 0.29) is 18.3 Å². The first-order chi connectivity index (χ1) is 14.9. The Morgan fingerprint density at radius 3 is 2.29 bits per heavy atom. The van der Waals surface area contributed by atoms with Gasteiger partial charge in [-0.25, -0.2) is 4.79 Å². The molecule has 1 aromatic heterocycles. The summed E-state index contributed by atoms with van der Waals surface area (Å²) in [5.41, 5.74) is 4.96. The molecule has 3 aromatic rings. The third kappa shape index (κ3) is 5.34. The predicted octanol–water partition coefficient (Wildman–Crippen LogP) is 4.99. The number of aryl methyl sites for hydroxylation is 1. The molecule has 0 saturated carbocycles. The first kappa shape index (κ1) is 22.2. The molecule has 0 bridgehead atoms. The van der Waals surface area contributed by atoms with Crippen molar-refractivity contribution in [3.8, 4) is 17.0 Å². The Bertz CT molecular complexity index is 1050. The SMILES string of the molecule is CCOC(=O)c1cc(-c2ccc(OC)cc2)n(CCC(=O)Nc2ccc(C)cc2)c1C. The van der Waals surface area contributed by atoms with Gasteiger partial charge in [-0.15, -0.1) is 0 Å². The molecule has 1 amide bonds. The summed E-state index contributed by atoms with van der Waals surface area (Å²) in [5, 5.41) is 2.92. The number of carbonyl (C=O) groups excluding carboxylic acids is 2. The summed E-state index contributed by atoms with van der Waals surface area (Å²) in [6, 6.07) is 17.1. The van der Waals surface area contributed by atoms with Crippen LogP contribution in [0, 0.1) is 13.8 Å². The standard InChI is InChI=1S/C25H28N2O4/c1-5-31-25(29)22-16-23(19-8-12-21(30-4)13-9-19)27(18(22)3)15-14-24(28)26-20-10-6-17(2)7-11-20/h6-13,16H,5,14-15H2,1-4H3,(H,26,28). The molecular formula is C25H28N2O4. The highest BCUT2D eigenvalue weighted by atomic mass is 16.5. The second kappa shape index (κ2) is 9.98. The minimum atomic E-state index is -0.363. The molecule has 6 heteroatoms. The minimum absolute atomic E-state index is 0.0877. The Morgan fingerprint density at radius 1 is 1.00 bits per heavy atom. The van der Waals surface area contributed by atoms with Crippen molar-refractivity contribution in [2.75, 3.05) is 19.0 Å². The van der Waals surface area contributed by atoms with Crippen molar-refractivity contribution in [3.63, 3.8) is 0 Å². The van der Waals surface area contributed by atoms with Crippen LogP contribution in [0.15, 0.2) is 54.6 Å². The third-order valence-corrected chi connectivity index (χ3v) is 5.15. The molecule has 2 aromatic carbocycles. The summed E-state index contributed by atoms with van der Waals surface area (Å²) < 4.78 is 12.4. The molecule has 0 spiro atoms. The van der Waals surface area contributed by atoms with Crippen molar-refractivity contribution in [2.45, 2.75) is 33.7 Å². The average Bonchev–Trinajstić information content (AvgIpc) is 3.10. The smallest absolute Gasteiger partial charge is 0.339 e. The number of methoxy groups -OCH3 is 1. The summed E-state index contributed by atoms with van der Waals surface area (Å²) in [6.45, 7) is 6.40. The van der Waals surface area contributed by atoms with Gasteiger partial charge < -0.3 is 19.4 Å². The topological polar surface area (TPSA) is 69.6 Å². The maximum absolute atomic E-state index is 12.5. The van der Waals surface area contributed by atoms with E-state index in [4.69, 9.17) is 9.47 Å². The van der Waals surface area contributed by atoms with E-state index < -0.39 is 0 Å². The molecule has 162 valence electrons. The lowest BCUT2D eigenvalue weighted by atomic mass is 10.1. The number of hydrogen-bond donors (Lipinski definition) is 1. The highest BCUT2D eigenvalue weighted by molar-refractivity contribution is 5.93. The van der Waals surface area contributed by atoms with Crippen molar-refractivity contribution < 1.29 is 19.1 Å². The Balaban J connectivity index is 1.84. The molecule has 0 radical (unpaired) electrons. The van der Waals surface area contributed by atoms with Gasteiger partial charge in [0.2, 0.25) is 5.91 Å². The minimum Gasteiger partial charge on any atom is -0.497 e. The van der Waals surface area contributed by atoms with Crippen molar-refractivity contribution in [2.24, 2.45) is 0 Å². The molecular weight excluding hydrogens is 392 g/mol. The van der Waals surface area contributed by atoms with Crippen LogP contribution in [0.3, 0.4) is 0 Å². The highest BCUT2D eigenvalue weighted by Crippen LogP contribution is 2.28. The summed E-state index contributed by atoms with van der Waals surface area (Å²) in [4.78, 5) is 25.0. The van der Waals surface area contributed by atoms with Crippen LogP contribution in [0.1, 0.15) is 35.0 Å². The van der Waals surface area contributed by atoms with E-state index in [2.05, 4.69) is 5.32 Å².